The summed E-state index contributed by atoms with van der Waals surface area (Å²) in [5, 5.41) is 2.82. The van der Waals surface area contributed by atoms with E-state index in [1.807, 2.05) is 55.5 Å². The summed E-state index contributed by atoms with van der Waals surface area (Å²) in [6.45, 7) is 3.28. The largest absolute Gasteiger partial charge is 0.356 e. The third kappa shape index (κ3) is 2.99. The maximum Gasteiger partial charge on any atom is 0.221 e. The van der Waals surface area contributed by atoms with Crippen LogP contribution in [0.2, 0.25) is 0 Å². The van der Waals surface area contributed by atoms with Crippen molar-refractivity contribution >= 4 is 17.4 Å². The summed E-state index contributed by atoms with van der Waals surface area (Å²) >= 11 is 0. The van der Waals surface area contributed by atoms with Gasteiger partial charge in [-0.25, -0.2) is 0 Å². The monoisotopic (exact) mass is 318 g/mol. The van der Waals surface area contributed by atoms with Crippen molar-refractivity contribution in [3.8, 4) is 11.3 Å². The lowest BCUT2D eigenvalue weighted by Gasteiger charge is -2.08. The molecule has 120 valence electrons. The summed E-state index contributed by atoms with van der Waals surface area (Å²) in [6, 6.07) is 18.7. The Balaban J connectivity index is 2.17. The molecule has 1 aromatic heterocycles. The zero-order chi connectivity index (χ0) is 17.1. The number of amides is 1. The normalized spacial score (nSPS) is 10.4. The molecule has 0 radical (unpaired) electrons. The van der Waals surface area contributed by atoms with E-state index in [0.717, 1.165) is 17.0 Å². The van der Waals surface area contributed by atoms with Crippen LogP contribution >= 0.6 is 0 Å². The fraction of sp³-hybridized carbons (Fsp3) is 0.100. The molecule has 0 unspecified atom stereocenters. The van der Waals surface area contributed by atoms with Crippen LogP contribution in [0.3, 0.4) is 0 Å². The summed E-state index contributed by atoms with van der Waals surface area (Å²) in [6.07, 6.45) is 0. The first-order valence-electron chi connectivity index (χ1n) is 7.73. The van der Waals surface area contributed by atoms with Crippen molar-refractivity contribution in [1.82, 2.24) is 4.98 Å². The lowest BCUT2D eigenvalue weighted by Crippen LogP contribution is -2.11. The number of nitrogens with one attached hydrogen (secondary N) is 2. The van der Waals surface area contributed by atoms with Gasteiger partial charge in [0.2, 0.25) is 5.91 Å². The van der Waals surface area contributed by atoms with Crippen LogP contribution in [0, 0.1) is 6.92 Å². The molecule has 0 bridgehead atoms. The van der Waals surface area contributed by atoms with Gasteiger partial charge in [-0.3, -0.25) is 9.59 Å². The van der Waals surface area contributed by atoms with Gasteiger partial charge in [0.1, 0.15) is 0 Å². The highest BCUT2D eigenvalue weighted by Gasteiger charge is 2.23. The van der Waals surface area contributed by atoms with Crippen LogP contribution in [0.15, 0.2) is 60.7 Å². The third-order valence-corrected chi connectivity index (χ3v) is 3.81. The van der Waals surface area contributed by atoms with E-state index < -0.39 is 0 Å². The van der Waals surface area contributed by atoms with Crippen LogP contribution in [0.25, 0.3) is 11.3 Å². The van der Waals surface area contributed by atoms with Gasteiger partial charge < -0.3 is 10.3 Å². The number of aromatic amines is 1. The van der Waals surface area contributed by atoms with Gasteiger partial charge in [-0.15, -0.1) is 0 Å². The molecule has 3 rings (SSSR count). The van der Waals surface area contributed by atoms with Crippen LogP contribution in [0.5, 0.6) is 0 Å². The summed E-state index contributed by atoms with van der Waals surface area (Å²) in [7, 11) is 0. The van der Waals surface area contributed by atoms with Crippen molar-refractivity contribution in [2.75, 3.05) is 5.32 Å². The summed E-state index contributed by atoms with van der Waals surface area (Å²) in [5.41, 5.74) is 3.99. The molecule has 3 aromatic rings. The van der Waals surface area contributed by atoms with Gasteiger partial charge in [0.05, 0.1) is 16.9 Å². The lowest BCUT2D eigenvalue weighted by molar-refractivity contribution is -0.114. The Bertz CT molecular complexity index is 881. The van der Waals surface area contributed by atoms with Gasteiger partial charge in [-0.2, -0.15) is 0 Å². The lowest BCUT2D eigenvalue weighted by atomic mass is 10.0. The Kier molecular flexibility index (Phi) is 4.29. The number of aryl methyl sites for hydroxylation is 1. The number of benzene rings is 2. The van der Waals surface area contributed by atoms with Gasteiger partial charge in [0.25, 0.3) is 0 Å². The second-order valence-corrected chi connectivity index (χ2v) is 5.62. The molecule has 0 aliphatic heterocycles. The van der Waals surface area contributed by atoms with Gasteiger partial charge >= 0.3 is 0 Å². The van der Waals surface area contributed by atoms with Gasteiger partial charge in [-0.05, 0) is 6.92 Å². The number of rotatable bonds is 4. The average molecular weight is 318 g/mol. The number of aromatic nitrogens is 1. The molecule has 0 spiro atoms. The number of ketones is 1. The second kappa shape index (κ2) is 6.54. The Labute approximate surface area is 140 Å². The maximum absolute atomic E-state index is 12.9. The molecule has 0 saturated heterocycles. The van der Waals surface area contributed by atoms with Crippen molar-refractivity contribution < 1.29 is 9.59 Å². The van der Waals surface area contributed by atoms with E-state index >= 15 is 0 Å². The average Bonchev–Trinajstić information content (AvgIpc) is 2.91. The van der Waals surface area contributed by atoms with Crippen molar-refractivity contribution in [1.29, 1.82) is 0 Å². The predicted molar refractivity (Wildman–Crippen MR) is 95.1 cm³/mol. The topological polar surface area (TPSA) is 62.0 Å². The van der Waals surface area contributed by atoms with Crippen molar-refractivity contribution in [3.63, 3.8) is 0 Å². The molecule has 1 amide bonds. The van der Waals surface area contributed by atoms with E-state index in [9.17, 15) is 9.59 Å². The molecule has 24 heavy (non-hydrogen) atoms. The molecule has 0 fully saturated rings. The quantitative estimate of drug-likeness (QED) is 0.709. The Hall–Kier alpha value is -3.14. The molecule has 2 N–H and O–H groups in total. The molecule has 0 aliphatic carbocycles. The minimum absolute atomic E-state index is 0.115. The predicted octanol–water partition coefficient (Wildman–Crippen LogP) is 4.18. The van der Waals surface area contributed by atoms with E-state index in [1.54, 1.807) is 12.1 Å². The number of hydrogen-bond acceptors (Lipinski definition) is 2. The fourth-order valence-electron chi connectivity index (χ4n) is 2.77. The molecule has 0 aliphatic rings. The number of carbonyl (C=O) groups excluding carboxylic acids is 2. The summed E-state index contributed by atoms with van der Waals surface area (Å²) < 4.78 is 0. The van der Waals surface area contributed by atoms with Crippen LogP contribution in [0.4, 0.5) is 5.69 Å². The van der Waals surface area contributed by atoms with Crippen LogP contribution in [-0.4, -0.2) is 16.7 Å². The summed E-state index contributed by atoms with van der Waals surface area (Å²) in [5.74, 6) is -0.330. The van der Waals surface area contributed by atoms with Crippen LogP contribution < -0.4 is 5.32 Å². The van der Waals surface area contributed by atoms with E-state index in [2.05, 4.69) is 10.3 Å². The standard InChI is InChI=1S/C20H18N2O2/c1-13-17(20(24)16-11-7-4-8-12-16)19(22-14(2)23)18(21-13)15-9-5-3-6-10-15/h3-12,21H,1-2H3,(H,22,23). The Morgan fingerprint density at radius 1 is 0.917 bits per heavy atom. The molecule has 0 saturated carbocycles. The zero-order valence-electron chi connectivity index (χ0n) is 13.6. The number of anilines is 1. The highest BCUT2D eigenvalue weighted by molar-refractivity contribution is 6.16. The minimum atomic E-state index is -0.215. The van der Waals surface area contributed by atoms with E-state index in [1.165, 1.54) is 6.92 Å². The smallest absolute Gasteiger partial charge is 0.221 e. The van der Waals surface area contributed by atoms with E-state index in [0.29, 0.717) is 16.8 Å². The molecule has 0 atom stereocenters. The first kappa shape index (κ1) is 15.7. The van der Waals surface area contributed by atoms with E-state index in [-0.39, 0.29) is 11.7 Å². The summed E-state index contributed by atoms with van der Waals surface area (Å²) in [4.78, 5) is 27.9. The number of hydrogen-bond donors (Lipinski definition) is 2. The van der Waals surface area contributed by atoms with Gasteiger partial charge in [0.15, 0.2) is 5.78 Å². The number of carbonyl (C=O) groups is 2. The first-order valence-corrected chi connectivity index (χ1v) is 7.73. The molecular formula is C20H18N2O2. The maximum atomic E-state index is 12.9. The van der Waals surface area contributed by atoms with Crippen molar-refractivity contribution in [2.45, 2.75) is 13.8 Å². The first-order chi connectivity index (χ1) is 11.6. The molecule has 4 nitrogen and oxygen atoms in total. The molecule has 1 heterocycles. The third-order valence-electron chi connectivity index (χ3n) is 3.81. The van der Waals surface area contributed by atoms with E-state index in [4.69, 9.17) is 0 Å². The highest BCUT2D eigenvalue weighted by atomic mass is 16.1. The van der Waals surface area contributed by atoms with Crippen molar-refractivity contribution in [2.24, 2.45) is 0 Å². The zero-order valence-corrected chi connectivity index (χ0v) is 13.6. The van der Waals surface area contributed by atoms with Gasteiger partial charge in [-0.1, -0.05) is 60.7 Å². The number of H-pyrrole nitrogens is 1. The fourth-order valence-corrected chi connectivity index (χ4v) is 2.77. The highest BCUT2D eigenvalue weighted by Crippen LogP contribution is 2.34. The second-order valence-electron chi connectivity index (χ2n) is 5.62. The minimum Gasteiger partial charge on any atom is -0.356 e. The van der Waals surface area contributed by atoms with Gasteiger partial charge in [0, 0.05) is 23.7 Å². The SMILES string of the molecule is CC(=O)Nc1c(-c2ccccc2)[nH]c(C)c1C(=O)c1ccccc1. The Morgan fingerprint density at radius 2 is 1.50 bits per heavy atom. The Morgan fingerprint density at radius 3 is 2.08 bits per heavy atom. The molecule has 2 aromatic carbocycles. The van der Waals surface area contributed by atoms with Crippen LogP contribution in [0.1, 0.15) is 28.5 Å². The van der Waals surface area contributed by atoms with Crippen molar-refractivity contribution in [3.05, 3.63) is 77.5 Å². The molecular weight excluding hydrogens is 300 g/mol. The molecule has 4 heteroatoms. The van der Waals surface area contributed by atoms with Crippen LogP contribution in [-0.2, 0) is 4.79 Å².